The molecule has 0 fully saturated rings. The van der Waals surface area contributed by atoms with Crippen molar-refractivity contribution in [1.29, 1.82) is 0 Å². The van der Waals surface area contributed by atoms with Gasteiger partial charge in [-0.1, -0.05) is 0 Å². The van der Waals surface area contributed by atoms with Crippen molar-refractivity contribution in [2.75, 3.05) is 20.1 Å². The second kappa shape index (κ2) is 7.55. The van der Waals surface area contributed by atoms with Gasteiger partial charge in [0.15, 0.2) is 3.92 Å². The Labute approximate surface area is 140 Å². The second-order valence-corrected chi connectivity index (χ2v) is 7.12. The first-order valence-corrected chi connectivity index (χ1v) is 8.36. The van der Waals surface area contributed by atoms with E-state index in [1.165, 1.54) is 11.3 Å². The molecule has 0 aliphatic rings. The van der Waals surface area contributed by atoms with Crippen LogP contribution in [0, 0.1) is 0 Å². The Morgan fingerprint density at radius 1 is 1.41 bits per heavy atom. The minimum atomic E-state index is -1.02. The third kappa shape index (κ3) is 4.41. The van der Waals surface area contributed by atoms with Crippen LogP contribution >= 0.6 is 27.3 Å². The fourth-order valence-electron chi connectivity index (χ4n) is 2.02. The minimum Gasteiger partial charge on any atom is -0.465 e. The SMILES string of the molecule is CN(CCCCNC(=O)O)C(=O)c1ccc2nc(Br)sc2c1. The molecule has 1 aromatic carbocycles. The summed E-state index contributed by atoms with van der Waals surface area (Å²) in [6, 6.07) is 5.47. The van der Waals surface area contributed by atoms with Gasteiger partial charge >= 0.3 is 6.09 Å². The molecule has 0 saturated carbocycles. The topological polar surface area (TPSA) is 82.5 Å². The molecule has 1 heterocycles. The number of halogens is 1. The van der Waals surface area contributed by atoms with E-state index < -0.39 is 6.09 Å². The van der Waals surface area contributed by atoms with E-state index in [4.69, 9.17) is 5.11 Å². The summed E-state index contributed by atoms with van der Waals surface area (Å²) in [4.78, 5) is 28.6. The number of nitrogens with one attached hydrogen (secondary N) is 1. The minimum absolute atomic E-state index is 0.0439. The van der Waals surface area contributed by atoms with Crippen LogP contribution in [0.4, 0.5) is 4.79 Å². The molecule has 0 aliphatic heterocycles. The van der Waals surface area contributed by atoms with E-state index in [1.807, 2.05) is 12.1 Å². The van der Waals surface area contributed by atoms with E-state index >= 15 is 0 Å². The fourth-order valence-corrected chi connectivity index (χ4v) is 3.46. The highest BCUT2D eigenvalue weighted by molar-refractivity contribution is 9.11. The van der Waals surface area contributed by atoms with Crippen LogP contribution in [0.2, 0.25) is 0 Å². The van der Waals surface area contributed by atoms with Gasteiger partial charge in [0.1, 0.15) is 0 Å². The molecule has 2 N–H and O–H groups in total. The number of carbonyl (C=O) groups excluding carboxylic acids is 1. The number of benzene rings is 1. The number of aromatic nitrogens is 1. The first-order valence-electron chi connectivity index (χ1n) is 6.75. The standard InChI is InChI=1S/C14H16BrN3O3S/c1-18(7-3-2-6-16-14(20)21)12(19)9-4-5-10-11(8-9)22-13(15)17-10/h4-5,8,16H,2-3,6-7H2,1H3,(H,20,21). The lowest BCUT2D eigenvalue weighted by Gasteiger charge is -2.17. The zero-order chi connectivity index (χ0) is 16.1. The van der Waals surface area contributed by atoms with E-state index in [2.05, 4.69) is 26.2 Å². The summed E-state index contributed by atoms with van der Waals surface area (Å²) in [5, 5.41) is 10.8. The van der Waals surface area contributed by atoms with Crippen molar-refractivity contribution in [2.45, 2.75) is 12.8 Å². The number of hydrogen-bond donors (Lipinski definition) is 2. The maximum atomic E-state index is 12.4. The predicted molar refractivity (Wildman–Crippen MR) is 89.5 cm³/mol. The Bertz CT molecular complexity index is 689. The first kappa shape index (κ1) is 16.7. The molecule has 0 bridgehead atoms. The highest BCUT2D eigenvalue weighted by Crippen LogP contribution is 2.27. The Morgan fingerprint density at radius 3 is 2.91 bits per heavy atom. The lowest BCUT2D eigenvalue weighted by atomic mass is 10.2. The maximum Gasteiger partial charge on any atom is 0.404 e. The van der Waals surface area contributed by atoms with E-state index in [1.54, 1.807) is 18.0 Å². The van der Waals surface area contributed by atoms with Gasteiger partial charge in [0.25, 0.3) is 5.91 Å². The van der Waals surface area contributed by atoms with Gasteiger partial charge in [-0.05, 0) is 47.0 Å². The predicted octanol–water partition coefficient (Wildman–Crippen LogP) is 3.18. The van der Waals surface area contributed by atoms with Crippen LogP contribution in [0.5, 0.6) is 0 Å². The summed E-state index contributed by atoms with van der Waals surface area (Å²) < 4.78 is 1.77. The molecule has 22 heavy (non-hydrogen) atoms. The van der Waals surface area contributed by atoms with Crippen molar-refractivity contribution in [1.82, 2.24) is 15.2 Å². The molecular weight excluding hydrogens is 370 g/mol. The van der Waals surface area contributed by atoms with Crippen LogP contribution in [0.25, 0.3) is 10.2 Å². The maximum absolute atomic E-state index is 12.4. The number of carboxylic acid groups (broad SMARTS) is 1. The van der Waals surface area contributed by atoms with Gasteiger partial charge in [0.2, 0.25) is 0 Å². The van der Waals surface area contributed by atoms with Crippen LogP contribution in [0.3, 0.4) is 0 Å². The summed E-state index contributed by atoms with van der Waals surface area (Å²) >= 11 is 4.83. The van der Waals surface area contributed by atoms with Gasteiger partial charge in [-0.15, -0.1) is 11.3 Å². The lowest BCUT2D eigenvalue weighted by molar-refractivity contribution is 0.0792. The van der Waals surface area contributed by atoms with Gasteiger partial charge in [-0.2, -0.15) is 0 Å². The molecule has 0 atom stereocenters. The highest BCUT2D eigenvalue weighted by Gasteiger charge is 2.13. The molecule has 6 nitrogen and oxygen atoms in total. The first-order chi connectivity index (χ1) is 10.5. The van der Waals surface area contributed by atoms with Gasteiger partial charge < -0.3 is 15.3 Å². The number of rotatable bonds is 6. The quantitative estimate of drug-likeness (QED) is 0.748. The van der Waals surface area contributed by atoms with E-state index in [0.29, 0.717) is 25.1 Å². The average Bonchev–Trinajstić information content (AvgIpc) is 2.84. The third-order valence-corrected chi connectivity index (χ3v) is 4.62. The third-order valence-electron chi connectivity index (χ3n) is 3.15. The van der Waals surface area contributed by atoms with Crippen LogP contribution in [-0.4, -0.2) is 47.1 Å². The van der Waals surface area contributed by atoms with Crippen LogP contribution < -0.4 is 5.32 Å². The van der Waals surface area contributed by atoms with E-state index in [-0.39, 0.29) is 5.91 Å². The largest absolute Gasteiger partial charge is 0.465 e. The number of fused-ring (bicyclic) bond motifs is 1. The summed E-state index contributed by atoms with van der Waals surface area (Å²) in [6.45, 7) is 0.989. The van der Waals surface area contributed by atoms with Crippen molar-refractivity contribution < 1.29 is 14.7 Å². The molecule has 0 radical (unpaired) electrons. The van der Waals surface area contributed by atoms with Crippen LogP contribution in [0.15, 0.2) is 22.1 Å². The van der Waals surface area contributed by atoms with Gasteiger partial charge in [-0.25, -0.2) is 9.78 Å². The van der Waals surface area contributed by atoms with Crippen molar-refractivity contribution in [3.8, 4) is 0 Å². The molecule has 0 spiro atoms. The zero-order valence-corrected chi connectivity index (χ0v) is 14.4. The highest BCUT2D eigenvalue weighted by atomic mass is 79.9. The van der Waals surface area contributed by atoms with Gasteiger partial charge in [0, 0.05) is 25.7 Å². The molecule has 2 rings (SSSR count). The van der Waals surface area contributed by atoms with E-state index in [9.17, 15) is 9.59 Å². The molecule has 0 unspecified atom stereocenters. The molecule has 0 aliphatic carbocycles. The number of unbranched alkanes of at least 4 members (excludes halogenated alkanes) is 1. The Hall–Kier alpha value is -1.67. The molecule has 1 aromatic heterocycles. The van der Waals surface area contributed by atoms with Gasteiger partial charge in [0.05, 0.1) is 10.2 Å². The number of amides is 2. The van der Waals surface area contributed by atoms with Crippen molar-refractivity contribution in [2.24, 2.45) is 0 Å². The van der Waals surface area contributed by atoms with Gasteiger partial charge in [-0.3, -0.25) is 4.79 Å². The van der Waals surface area contributed by atoms with E-state index in [0.717, 1.165) is 20.6 Å². The Morgan fingerprint density at radius 2 is 2.18 bits per heavy atom. The molecule has 2 aromatic rings. The average molecular weight is 386 g/mol. The van der Waals surface area contributed by atoms with Crippen LogP contribution in [-0.2, 0) is 0 Å². The number of nitrogens with zero attached hydrogens (tertiary/aromatic N) is 2. The van der Waals surface area contributed by atoms with Crippen molar-refractivity contribution in [3.63, 3.8) is 0 Å². The second-order valence-electron chi connectivity index (χ2n) is 4.82. The smallest absolute Gasteiger partial charge is 0.404 e. The normalized spacial score (nSPS) is 10.6. The monoisotopic (exact) mass is 385 g/mol. The molecule has 2 amide bonds. The molecule has 0 saturated heterocycles. The van der Waals surface area contributed by atoms with Crippen LogP contribution in [0.1, 0.15) is 23.2 Å². The zero-order valence-electron chi connectivity index (χ0n) is 12.0. The van der Waals surface area contributed by atoms with Crippen molar-refractivity contribution in [3.05, 3.63) is 27.7 Å². The molecular formula is C14H16BrN3O3S. The van der Waals surface area contributed by atoms with Crippen molar-refractivity contribution >= 4 is 49.5 Å². The lowest BCUT2D eigenvalue weighted by Crippen LogP contribution is -2.28. The Balaban J connectivity index is 1.89. The molecule has 8 heteroatoms. The summed E-state index contributed by atoms with van der Waals surface area (Å²) in [6.07, 6.45) is 0.426. The number of thiazole rings is 1. The summed E-state index contributed by atoms with van der Waals surface area (Å²) in [5.41, 5.74) is 1.51. The fraction of sp³-hybridized carbons (Fsp3) is 0.357. The number of carbonyl (C=O) groups is 2. The number of hydrogen-bond acceptors (Lipinski definition) is 4. The summed E-state index contributed by atoms with van der Waals surface area (Å²) in [7, 11) is 1.75. The Kier molecular flexibility index (Phi) is 5.73. The summed E-state index contributed by atoms with van der Waals surface area (Å²) in [5.74, 6) is -0.0439. The molecule has 118 valence electrons.